The number of hydrogen-bond donors (Lipinski definition) is 1. The van der Waals surface area contributed by atoms with Crippen LogP contribution >= 0.6 is 0 Å². The molecule has 1 aliphatic rings. The molecule has 1 aliphatic heterocycles. The maximum atomic E-state index is 12.2. The summed E-state index contributed by atoms with van der Waals surface area (Å²) in [7, 11) is -3.43. The number of anilines is 1. The van der Waals surface area contributed by atoms with Crippen molar-refractivity contribution in [2.75, 3.05) is 17.6 Å². The molecular weight excluding hydrogens is 378 g/mol. The van der Waals surface area contributed by atoms with Gasteiger partial charge in [-0.05, 0) is 30.7 Å². The second kappa shape index (κ2) is 8.02. The largest absolute Gasteiger partial charge is 0.494 e. The Morgan fingerprint density at radius 2 is 1.89 bits per heavy atom. The number of nitrogens with one attached hydrogen (secondary N) is 1. The summed E-state index contributed by atoms with van der Waals surface area (Å²) in [5.74, 6) is 0.588. The molecule has 0 aliphatic carbocycles. The van der Waals surface area contributed by atoms with E-state index in [0.717, 1.165) is 17.6 Å². The van der Waals surface area contributed by atoms with E-state index in [2.05, 4.69) is 9.82 Å². The van der Waals surface area contributed by atoms with Crippen molar-refractivity contribution in [3.05, 3.63) is 59.7 Å². The number of amides is 1. The quantitative estimate of drug-likeness (QED) is 0.805. The zero-order chi connectivity index (χ0) is 20.3. The van der Waals surface area contributed by atoms with Gasteiger partial charge in [0, 0.05) is 18.9 Å². The summed E-state index contributed by atoms with van der Waals surface area (Å²) in [6.45, 7) is 3.97. The van der Waals surface area contributed by atoms with E-state index in [1.165, 1.54) is 11.9 Å². The highest BCUT2D eigenvalue weighted by molar-refractivity contribution is 7.92. The SMILES string of the molecule is CCOc1ccc([C@@H]2CC(c3ccccc3NS(C)(=O)=O)=NN2C(C)=O)cc1. The van der Waals surface area contributed by atoms with Crippen molar-refractivity contribution in [1.29, 1.82) is 0 Å². The number of nitrogens with zero attached hydrogens (tertiary/aromatic N) is 2. The van der Waals surface area contributed by atoms with Crippen LogP contribution in [0.1, 0.15) is 37.4 Å². The zero-order valence-electron chi connectivity index (χ0n) is 16.0. The van der Waals surface area contributed by atoms with Crippen LogP contribution in [-0.2, 0) is 14.8 Å². The minimum absolute atomic E-state index is 0.178. The number of carbonyl (C=O) groups excluding carboxylic acids is 1. The number of hydrogen-bond acceptors (Lipinski definition) is 5. The molecule has 0 bridgehead atoms. The number of sulfonamides is 1. The molecule has 7 nitrogen and oxygen atoms in total. The number of rotatable bonds is 6. The Balaban J connectivity index is 1.93. The molecule has 3 rings (SSSR count). The van der Waals surface area contributed by atoms with Gasteiger partial charge in [-0.2, -0.15) is 5.10 Å². The van der Waals surface area contributed by atoms with Crippen molar-refractivity contribution in [2.45, 2.75) is 26.3 Å². The maximum absolute atomic E-state index is 12.2. The van der Waals surface area contributed by atoms with Crippen LogP contribution in [0.4, 0.5) is 5.69 Å². The molecule has 0 saturated heterocycles. The van der Waals surface area contributed by atoms with Crippen molar-refractivity contribution >= 4 is 27.3 Å². The van der Waals surface area contributed by atoms with Crippen LogP contribution in [0.25, 0.3) is 0 Å². The summed E-state index contributed by atoms with van der Waals surface area (Å²) in [6.07, 6.45) is 1.58. The Hall–Kier alpha value is -2.87. The van der Waals surface area contributed by atoms with Gasteiger partial charge in [0.2, 0.25) is 15.9 Å². The molecule has 0 aromatic heterocycles. The highest BCUT2D eigenvalue weighted by Crippen LogP contribution is 2.35. The van der Waals surface area contributed by atoms with Crippen LogP contribution in [0, 0.1) is 0 Å². The molecule has 2 aromatic rings. The van der Waals surface area contributed by atoms with Gasteiger partial charge < -0.3 is 4.74 Å². The van der Waals surface area contributed by atoms with Gasteiger partial charge in [-0.1, -0.05) is 30.3 Å². The molecule has 0 spiro atoms. The van der Waals surface area contributed by atoms with Crippen LogP contribution < -0.4 is 9.46 Å². The van der Waals surface area contributed by atoms with E-state index in [9.17, 15) is 13.2 Å². The van der Waals surface area contributed by atoms with E-state index in [-0.39, 0.29) is 11.9 Å². The first-order valence-corrected chi connectivity index (χ1v) is 10.8. The predicted octanol–water partition coefficient (Wildman–Crippen LogP) is 3.15. The van der Waals surface area contributed by atoms with Crippen LogP contribution in [0.15, 0.2) is 53.6 Å². The highest BCUT2D eigenvalue weighted by atomic mass is 32.2. The van der Waals surface area contributed by atoms with Crippen molar-refractivity contribution in [3.8, 4) is 5.75 Å². The molecule has 0 fully saturated rings. The van der Waals surface area contributed by atoms with Crippen LogP contribution in [0.3, 0.4) is 0 Å². The van der Waals surface area contributed by atoms with Crippen LogP contribution in [0.5, 0.6) is 5.75 Å². The summed E-state index contributed by atoms with van der Waals surface area (Å²) < 4.78 is 31.4. The Bertz CT molecular complexity index is 1000. The molecule has 1 N–H and O–H groups in total. The summed E-state index contributed by atoms with van der Waals surface area (Å²) in [4.78, 5) is 12.2. The highest BCUT2D eigenvalue weighted by Gasteiger charge is 2.32. The van der Waals surface area contributed by atoms with E-state index >= 15 is 0 Å². The third kappa shape index (κ3) is 4.51. The molecule has 8 heteroatoms. The van der Waals surface area contributed by atoms with Crippen molar-refractivity contribution in [2.24, 2.45) is 5.10 Å². The third-order valence-electron chi connectivity index (χ3n) is 4.34. The smallest absolute Gasteiger partial charge is 0.240 e. The standard InChI is InChI=1S/C20H23N3O4S/c1-4-27-16-11-9-15(10-12-16)20-13-19(21-23(20)14(2)24)17-7-5-6-8-18(17)22-28(3,25)26/h5-12,20,22H,4,13H2,1-3H3/t20-/m0/s1. The van der Waals surface area contributed by atoms with E-state index in [0.29, 0.717) is 30.0 Å². The van der Waals surface area contributed by atoms with Gasteiger partial charge in [0.25, 0.3) is 0 Å². The summed E-state index contributed by atoms with van der Waals surface area (Å²) in [5, 5.41) is 5.95. The molecule has 2 aromatic carbocycles. The van der Waals surface area contributed by atoms with E-state index in [1.807, 2.05) is 37.3 Å². The second-order valence-electron chi connectivity index (χ2n) is 6.55. The first kappa shape index (κ1) is 19.9. The average Bonchev–Trinajstić information content (AvgIpc) is 3.07. The van der Waals surface area contributed by atoms with Gasteiger partial charge in [-0.15, -0.1) is 0 Å². The lowest BCUT2D eigenvalue weighted by Crippen LogP contribution is -2.24. The molecule has 1 amide bonds. The first-order chi connectivity index (χ1) is 13.3. The van der Waals surface area contributed by atoms with E-state index in [4.69, 9.17) is 4.74 Å². The Labute approximate surface area is 165 Å². The molecular formula is C20H23N3O4S. The number of para-hydroxylation sites is 1. The minimum atomic E-state index is -3.43. The van der Waals surface area contributed by atoms with E-state index < -0.39 is 10.0 Å². The molecule has 1 heterocycles. The average molecular weight is 401 g/mol. The Morgan fingerprint density at radius 1 is 1.21 bits per heavy atom. The lowest BCUT2D eigenvalue weighted by Gasteiger charge is -2.20. The molecule has 148 valence electrons. The molecule has 0 radical (unpaired) electrons. The van der Waals surface area contributed by atoms with Gasteiger partial charge in [0.05, 0.1) is 30.3 Å². The lowest BCUT2D eigenvalue weighted by molar-refractivity contribution is -0.130. The van der Waals surface area contributed by atoms with Gasteiger partial charge in [-0.3, -0.25) is 9.52 Å². The van der Waals surface area contributed by atoms with Crippen molar-refractivity contribution in [3.63, 3.8) is 0 Å². The Morgan fingerprint density at radius 3 is 2.50 bits per heavy atom. The number of hydrazone groups is 1. The van der Waals surface area contributed by atoms with Gasteiger partial charge in [0.1, 0.15) is 5.75 Å². The monoisotopic (exact) mass is 401 g/mol. The number of carbonyl (C=O) groups is 1. The molecule has 0 saturated carbocycles. The summed E-state index contributed by atoms with van der Waals surface area (Å²) >= 11 is 0. The number of benzene rings is 2. The topological polar surface area (TPSA) is 88.1 Å². The minimum Gasteiger partial charge on any atom is -0.494 e. The summed E-state index contributed by atoms with van der Waals surface area (Å²) in [5.41, 5.74) is 2.69. The normalized spacial score (nSPS) is 16.6. The van der Waals surface area contributed by atoms with Crippen LogP contribution in [0.2, 0.25) is 0 Å². The van der Waals surface area contributed by atoms with Crippen molar-refractivity contribution < 1.29 is 17.9 Å². The van der Waals surface area contributed by atoms with Gasteiger partial charge in [0.15, 0.2) is 0 Å². The van der Waals surface area contributed by atoms with Gasteiger partial charge >= 0.3 is 0 Å². The fourth-order valence-electron chi connectivity index (χ4n) is 3.20. The van der Waals surface area contributed by atoms with Crippen molar-refractivity contribution in [1.82, 2.24) is 5.01 Å². The predicted molar refractivity (Wildman–Crippen MR) is 109 cm³/mol. The maximum Gasteiger partial charge on any atom is 0.240 e. The second-order valence-corrected chi connectivity index (χ2v) is 8.30. The fraction of sp³-hybridized carbons (Fsp3) is 0.300. The van der Waals surface area contributed by atoms with E-state index in [1.54, 1.807) is 18.2 Å². The van der Waals surface area contributed by atoms with Crippen LogP contribution in [-0.4, -0.2) is 37.9 Å². The third-order valence-corrected chi connectivity index (χ3v) is 4.93. The Kier molecular flexibility index (Phi) is 5.69. The fourth-order valence-corrected chi connectivity index (χ4v) is 3.78. The molecule has 28 heavy (non-hydrogen) atoms. The molecule has 1 atom stereocenters. The van der Waals surface area contributed by atoms with Gasteiger partial charge in [-0.25, -0.2) is 13.4 Å². The zero-order valence-corrected chi connectivity index (χ0v) is 16.9. The lowest BCUT2D eigenvalue weighted by atomic mass is 9.97. The summed E-state index contributed by atoms with van der Waals surface area (Å²) in [6, 6.07) is 14.4. The number of ether oxygens (including phenoxy) is 1. The molecule has 0 unspecified atom stereocenters. The first-order valence-electron chi connectivity index (χ1n) is 8.95.